The third kappa shape index (κ3) is 3.32. The molecule has 0 unspecified atom stereocenters. The van der Waals surface area contributed by atoms with Crippen LogP contribution in [-0.4, -0.2) is 36.9 Å². The van der Waals surface area contributed by atoms with E-state index in [-0.39, 0.29) is 17.7 Å². The van der Waals surface area contributed by atoms with Crippen molar-refractivity contribution in [2.75, 3.05) is 20.2 Å². The summed E-state index contributed by atoms with van der Waals surface area (Å²) in [5.74, 6) is -0.139. The van der Waals surface area contributed by atoms with Crippen LogP contribution in [0.1, 0.15) is 23.2 Å². The lowest BCUT2D eigenvalue weighted by Gasteiger charge is -2.31. The number of hydroxylamine groups is 1. The van der Waals surface area contributed by atoms with E-state index in [1.807, 2.05) is 30.3 Å². The molecule has 0 aromatic heterocycles. The van der Waals surface area contributed by atoms with Gasteiger partial charge in [-0.3, -0.25) is 14.4 Å². The number of hydrogen-bond acceptors (Lipinski definition) is 3. The van der Waals surface area contributed by atoms with Crippen LogP contribution in [0.15, 0.2) is 30.3 Å². The molecule has 1 aliphatic rings. The summed E-state index contributed by atoms with van der Waals surface area (Å²) < 4.78 is 0. The highest BCUT2D eigenvalue weighted by atomic mass is 16.6. The third-order valence-electron chi connectivity index (χ3n) is 3.38. The van der Waals surface area contributed by atoms with Gasteiger partial charge in [0.05, 0.1) is 7.11 Å². The molecule has 1 aromatic rings. The maximum Gasteiger partial charge on any atom is 0.253 e. The van der Waals surface area contributed by atoms with Crippen molar-refractivity contribution in [3.63, 3.8) is 0 Å². The number of amides is 2. The average Bonchev–Trinajstić information content (AvgIpc) is 2.48. The summed E-state index contributed by atoms with van der Waals surface area (Å²) in [5.41, 5.74) is 3.05. The Labute approximate surface area is 112 Å². The Kier molecular flexibility index (Phi) is 4.52. The van der Waals surface area contributed by atoms with Crippen molar-refractivity contribution in [3.05, 3.63) is 35.9 Å². The normalized spacial score (nSPS) is 16.2. The molecule has 0 radical (unpaired) electrons. The number of benzene rings is 1. The molecule has 5 heteroatoms. The monoisotopic (exact) mass is 262 g/mol. The first-order valence-corrected chi connectivity index (χ1v) is 6.39. The Hall–Kier alpha value is -1.88. The van der Waals surface area contributed by atoms with Crippen LogP contribution in [0.25, 0.3) is 0 Å². The van der Waals surface area contributed by atoms with Crippen molar-refractivity contribution in [2.24, 2.45) is 5.92 Å². The van der Waals surface area contributed by atoms with Crippen molar-refractivity contribution < 1.29 is 14.4 Å². The Morgan fingerprint density at radius 3 is 2.42 bits per heavy atom. The maximum atomic E-state index is 12.2. The van der Waals surface area contributed by atoms with Crippen LogP contribution >= 0.6 is 0 Å². The number of carbonyl (C=O) groups is 2. The zero-order valence-electron chi connectivity index (χ0n) is 11.0. The molecule has 1 saturated heterocycles. The Balaban J connectivity index is 1.90. The van der Waals surface area contributed by atoms with E-state index < -0.39 is 0 Å². The van der Waals surface area contributed by atoms with E-state index in [2.05, 4.69) is 10.3 Å². The molecule has 0 atom stereocenters. The standard InChI is InChI=1S/C14H18N2O3/c1-19-15-13(17)11-7-9-16(10-8-11)14(18)12-5-3-2-4-6-12/h2-6,11H,7-10H2,1H3,(H,15,17). The highest BCUT2D eigenvalue weighted by Gasteiger charge is 2.27. The largest absolute Gasteiger partial charge is 0.339 e. The molecular formula is C14H18N2O3. The molecule has 0 spiro atoms. The molecule has 5 nitrogen and oxygen atoms in total. The smallest absolute Gasteiger partial charge is 0.253 e. The van der Waals surface area contributed by atoms with Crippen molar-refractivity contribution >= 4 is 11.8 Å². The van der Waals surface area contributed by atoms with Crippen LogP contribution in [0.4, 0.5) is 0 Å². The Morgan fingerprint density at radius 1 is 1.21 bits per heavy atom. The lowest BCUT2D eigenvalue weighted by Crippen LogP contribution is -2.42. The third-order valence-corrected chi connectivity index (χ3v) is 3.38. The number of rotatable bonds is 3. The number of nitrogens with one attached hydrogen (secondary N) is 1. The zero-order chi connectivity index (χ0) is 13.7. The van der Waals surface area contributed by atoms with Gasteiger partial charge in [-0.25, -0.2) is 5.48 Å². The van der Waals surface area contributed by atoms with E-state index in [0.29, 0.717) is 31.5 Å². The molecule has 1 fully saturated rings. The minimum absolute atomic E-state index is 0.0335. The highest BCUT2D eigenvalue weighted by Crippen LogP contribution is 2.19. The highest BCUT2D eigenvalue weighted by molar-refractivity contribution is 5.94. The lowest BCUT2D eigenvalue weighted by atomic mass is 9.96. The molecule has 1 aromatic carbocycles. The maximum absolute atomic E-state index is 12.2. The van der Waals surface area contributed by atoms with Crippen LogP contribution in [-0.2, 0) is 9.63 Å². The number of piperidine rings is 1. The summed E-state index contributed by atoms with van der Waals surface area (Å²) in [6.45, 7) is 1.21. The molecule has 0 aliphatic carbocycles. The second kappa shape index (κ2) is 6.33. The second-order valence-corrected chi connectivity index (χ2v) is 4.60. The molecule has 2 rings (SSSR count). The van der Waals surface area contributed by atoms with Crippen LogP contribution in [0.3, 0.4) is 0 Å². The van der Waals surface area contributed by atoms with E-state index in [4.69, 9.17) is 0 Å². The van der Waals surface area contributed by atoms with E-state index in [0.717, 1.165) is 0 Å². The van der Waals surface area contributed by atoms with Gasteiger partial charge in [0.15, 0.2) is 0 Å². The summed E-state index contributed by atoms with van der Waals surface area (Å²) in [6, 6.07) is 9.22. The molecule has 0 bridgehead atoms. The van der Waals surface area contributed by atoms with E-state index in [1.54, 1.807) is 4.90 Å². The first-order valence-electron chi connectivity index (χ1n) is 6.39. The van der Waals surface area contributed by atoms with Gasteiger partial charge in [-0.05, 0) is 25.0 Å². The zero-order valence-corrected chi connectivity index (χ0v) is 11.0. The van der Waals surface area contributed by atoms with Crippen molar-refractivity contribution in [1.82, 2.24) is 10.4 Å². The summed E-state index contributed by atoms with van der Waals surface area (Å²) in [6.07, 6.45) is 1.35. The van der Waals surface area contributed by atoms with Gasteiger partial charge in [-0.2, -0.15) is 0 Å². The first kappa shape index (κ1) is 13.5. The summed E-state index contributed by atoms with van der Waals surface area (Å²) >= 11 is 0. The van der Waals surface area contributed by atoms with Gasteiger partial charge in [0.1, 0.15) is 0 Å². The molecular weight excluding hydrogens is 244 g/mol. The second-order valence-electron chi connectivity index (χ2n) is 4.60. The van der Waals surface area contributed by atoms with Gasteiger partial charge in [0.2, 0.25) is 5.91 Å². The quantitative estimate of drug-likeness (QED) is 0.833. The fraction of sp³-hybridized carbons (Fsp3) is 0.429. The summed E-state index contributed by atoms with van der Waals surface area (Å²) in [5, 5.41) is 0. The van der Waals surface area contributed by atoms with Crippen LogP contribution in [0.2, 0.25) is 0 Å². The fourth-order valence-corrected chi connectivity index (χ4v) is 2.29. The van der Waals surface area contributed by atoms with E-state index >= 15 is 0 Å². The molecule has 19 heavy (non-hydrogen) atoms. The van der Waals surface area contributed by atoms with Crippen LogP contribution in [0, 0.1) is 5.92 Å². The van der Waals surface area contributed by atoms with E-state index in [9.17, 15) is 9.59 Å². The van der Waals surface area contributed by atoms with Crippen molar-refractivity contribution in [3.8, 4) is 0 Å². The van der Waals surface area contributed by atoms with Crippen molar-refractivity contribution in [1.29, 1.82) is 0 Å². The van der Waals surface area contributed by atoms with Gasteiger partial charge in [0, 0.05) is 24.6 Å². The van der Waals surface area contributed by atoms with Gasteiger partial charge < -0.3 is 4.90 Å². The summed E-state index contributed by atoms with van der Waals surface area (Å²) in [7, 11) is 1.42. The number of carbonyl (C=O) groups excluding carboxylic acids is 2. The predicted octanol–water partition coefficient (Wildman–Crippen LogP) is 1.22. The minimum atomic E-state index is -0.102. The molecule has 1 N–H and O–H groups in total. The van der Waals surface area contributed by atoms with Crippen LogP contribution < -0.4 is 5.48 Å². The molecule has 0 saturated carbocycles. The number of nitrogens with zero attached hydrogens (tertiary/aromatic N) is 1. The van der Waals surface area contributed by atoms with E-state index in [1.165, 1.54) is 7.11 Å². The summed E-state index contributed by atoms with van der Waals surface area (Å²) in [4.78, 5) is 30.2. The van der Waals surface area contributed by atoms with Gasteiger partial charge in [0.25, 0.3) is 5.91 Å². The molecule has 102 valence electrons. The van der Waals surface area contributed by atoms with Crippen LogP contribution in [0.5, 0.6) is 0 Å². The fourth-order valence-electron chi connectivity index (χ4n) is 2.29. The van der Waals surface area contributed by atoms with Gasteiger partial charge in [-0.15, -0.1) is 0 Å². The predicted molar refractivity (Wildman–Crippen MR) is 70.2 cm³/mol. The number of hydrogen-bond donors (Lipinski definition) is 1. The minimum Gasteiger partial charge on any atom is -0.339 e. The SMILES string of the molecule is CONC(=O)C1CCN(C(=O)c2ccccc2)CC1. The molecule has 1 aliphatic heterocycles. The van der Waals surface area contributed by atoms with Gasteiger partial charge in [-0.1, -0.05) is 18.2 Å². The average molecular weight is 262 g/mol. The first-order chi connectivity index (χ1) is 9.22. The molecule has 2 amide bonds. The number of likely N-dealkylation sites (tertiary alicyclic amines) is 1. The Bertz CT molecular complexity index is 439. The lowest BCUT2D eigenvalue weighted by molar-refractivity contribution is -0.136. The van der Waals surface area contributed by atoms with Crippen molar-refractivity contribution in [2.45, 2.75) is 12.8 Å². The molecule has 1 heterocycles. The Morgan fingerprint density at radius 2 is 1.84 bits per heavy atom. The topological polar surface area (TPSA) is 58.6 Å². The van der Waals surface area contributed by atoms with Gasteiger partial charge >= 0.3 is 0 Å².